The molecule has 0 unspecified atom stereocenters. The Morgan fingerprint density at radius 2 is 2.16 bits per heavy atom. The molecule has 0 radical (unpaired) electrons. The fourth-order valence-electron chi connectivity index (χ4n) is 1.62. The molecule has 1 aromatic carbocycles. The lowest BCUT2D eigenvalue weighted by molar-refractivity contribution is 0.0691. The zero-order valence-electron chi connectivity index (χ0n) is 10.3. The first-order valence-electron chi connectivity index (χ1n) is 5.64. The van der Waals surface area contributed by atoms with Crippen LogP contribution < -0.4 is 4.74 Å². The van der Waals surface area contributed by atoms with Crippen LogP contribution in [0, 0.1) is 6.92 Å². The first kappa shape index (κ1) is 13.5. The van der Waals surface area contributed by atoms with Gasteiger partial charge in [0.1, 0.15) is 17.9 Å². The number of benzene rings is 1. The molecule has 0 fully saturated rings. The molecule has 2 aromatic rings. The molecule has 0 atom stereocenters. The Morgan fingerprint density at radius 1 is 1.37 bits per heavy atom. The number of carboxylic acids is 1. The quantitative estimate of drug-likeness (QED) is 0.937. The van der Waals surface area contributed by atoms with Crippen LogP contribution in [0.25, 0.3) is 0 Å². The van der Waals surface area contributed by atoms with E-state index in [-0.39, 0.29) is 12.2 Å². The van der Waals surface area contributed by atoms with E-state index in [2.05, 4.69) is 20.9 Å². The molecule has 19 heavy (non-hydrogen) atoms. The van der Waals surface area contributed by atoms with Gasteiger partial charge < -0.3 is 9.84 Å². The molecule has 4 nitrogen and oxygen atoms in total. The van der Waals surface area contributed by atoms with E-state index in [0.717, 1.165) is 15.9 Å². The molecule has 0 saturated heterocycles. The number of rotatable bonds is 4. The molecular weight excluding hydrogens is 310 g/mol. The van der Waals surface area contributed by atoms with Crippen LogP contribution in [0.1, 0.15) is 21.7 Å². The molecule has 0 amide bonds. The number of hydrogen-bond donors (Lipinski definition) is 1. The minimum Gasteiger partial charge on any atom is -0.486 e. The Morgan fingerprint density at radius 3 is 2.84 bits per heavy atom. The summed E-state index contributed by atoms with van der Waals surface area (Å²) >= 11 is 3.29. The number of hydrogen-bond acceptors (Lipinski definition) is 3. The first-order valence-corrected chi connectivity index (χ1v) is 6.44. The molecule has 0 aliphatic carbocycles. The van der Waals surface area contributed by atoms with Gasteiger partial charge in [0.05, 0.1) is 5.69 Å². The number of carbonyl (C=O) groups is 1. The van der Waals surface area contributed by atoms with Gasteiger partial charge in [0.2, 0.25) is 0 Å². The Labute approximate surface area is 119 Å². The summed E-state index contributed by atoms with van der Waals surface area (Å²) in [6, 6.07) is 10.4. The van der Waals surface area contributed by atoms with Crippen LogP contribution >= 0.6 is 15.9 Å². The average molecular weight is 322 g/mol. The third kappa shape index (κ3) is 3.54. The van der Waals surface area contributed by atoms with Crippen LogP contribution in [-0.4, -0.2) is 16.1 Å². The molecule has 2 rings (SSSR count). The predicted octanol–water partition coefficient (Wildman–Crippen LogP) is 3.43. The Balaban J connectivity index is 2.19. The lowest BCUT2D eigenvalue weighted by Gasteiger charge is -2.09. The zero-order chi connectivity index (χ0) is 13.8. The molecule has 98 valence electrons. The highest BCUT2D eigenvalue weighted by Gasteiger charge is 2.12. The molecule has 0 aliphatic rings. The molecule has 0 aliphatic heterocycles. The number of aryl methyl sites for hydroxylation is 1. The third-order valence-corrected chi connectivity index (χ3v) is 2.99. The minimum absolute atomic E-state index is 0.135. The average Bonchev–Trinajstić information content (AvgIpc) is 2.36. The highest BCUT2D eigenvalue weighted by molar-refractivity contribution is 9.10. The lowest BCUT2D eigenvalue weighted by atomic mass is 10.2. The smallest absolute Gasteiger partial charge is 0.339 e. The van der Waals surface area contributed by atoms with Crippen LogP contribution in [0.15, 0.2) is 40.9 Å². The van der Waals surface area contributed by atoms with Gasteiger partial charge in [-0.05, 0) is 37.3 Å². The molecule has 0 spiro atoms. The van der Waals surface area contributed by atoms with Crippen molar-refractivity contribution in [1.82, 2.24) is 4.98 Å². The summed E-state index contributed by atoms with van der Waals surface area (Å²) in [5.74, 6) is -0.690. The van der Waals surface area contributed by atoms with Crippen molar-refractivity contribution in [3.63, 3.8) is 0 Å². The second-order valence-corrected chi connectivity index (χ2v) is 4.92. The van der Waals surface area contributed by atoms with Crippen LogP contribution in [0.3, 0.4) is 0 Å². The van der Waals surface area contributed by atoms with Gasteiger partial charge >= 0.3 is 5.97 Å². The van der Waals surface area contributed by atoms with E-state index < -0.39 is 5.97 Å². The summed E-state index contributed by atoms with van der Waals surface area (Å²) < 4.78 is 6.32. The fourth-order valence-corrected chi connectivity index (χ4v) is 1.96. The molecular formula is C14H12BrNO3. The second kappa shape index (κ2) is 5.84. The maximum atomic E-state index is 11.1. The summed E-state index contributed by atoms with van der Waals surface area (Å²) in [6.07, 6.45) is 0. The van der Waals surface area contributed by atoms with Crippen molar-refractivity contribution in [1.29, 1.82) is 0 Å². The number of aromatic nitrogens is 1. The van der Waals surface area contributed by atoms with Gasteiger partial charge in [-0.1, -0.05) is 22.0 Å². The third-order valence-electron chi connectivity index (χ3n) is 2.50. The Bertz CT molecular complexity index is 613. The van der Waals surface area contributed by atoms with Gasteiger partial charge in [0.25, 0.3) is 0 Å². The van der Waals surface area contributed by atoms with Crippen molar-refractivity contribution in [2.75, 3.05) is 0 Å². The van der Waals surface area contributed by atoms with Crippen molar-refractivity contribution in [2.45, 2.75) is 13.5 Å². The van der Waals surface area contributed by atoms with Crippen molar-refractivity contribution >= 4 is 21.9 Å². The normalized spacial score (nSPS) is 10.2. The number of ether oxygens (including phenoxy) is 1. The number of halogens is 1. The summed E-state index contributed by atoms with van der Waals surface area (Å²) in [5, 5.41) is 9.09. The number of aromatic carboxylic acids is 1. The highest BCUT2D eigenvalue weighted by Crippen LogP contribution is 2.24. The van der Waals surface area contributed by atoms with Crippen LogP contribution in [0.5, 0.6) is 5.75 Å². The second-order valence-electron chi connectivity index (χ2n) is 4.00. The SMILES string of the molecule is Cc1cccc(COc2cc(Br)ccc2C(=O)O)n1. The molecule has 1 N–H and O–H groups in total. The molecule has 0 saturated carbocycles. The largest absolute Gasteiger partial charge is 0.486 e. The Hall–Kier alpha value is -1.88. The van der Waals surface area contributed by atoms with E-state index in [0.29, 0.717) is 5.75 Å². The topological polar surface area (TPSA) is 59.4 Å². The molecule has 0 bridgehead atoms. The van der Waals surface area contributed by atoms with Crippen molar-refractivity contribution in [3.8, 4) is 5.75 Å². The Kier molecular flexibility index (Phi) is 4.16. The molecule has 1 heterocycles. The highest BCUT2D eigenvalue weighted by atomic mass is 79.9. The van der Waals surface area contributed by atoms with E-state index in [4.69, 9.17) is 9.84 Å². The minimum atomic E-state index is -1.01. The van der Waals surface area contributed by atoms with Gasteiger partial charge in [-0.25, -0.2) is 4.79 Å². The van der Waals surface area contributed by atoms with Gasteiger partial charge in [-0.3, -0.25) is 4.98 Å². The van der Waals surface area contributed by atoms with E-state index in [1.54, 1.807) is 12.1 Å². The van der Waals surface area contributed by atoms with E-state index in [1.165, 1.54) is 6.07 Å². The maximum Gasteiger partial charge on any atom is 0.339 e. The summed E-state index contributed by atoms with van der Waals surface area (Å²) in [6.45, 7) is 2.13. The zero-order valence-corrected chi connectivity index (χ0v) is 11.8. The standard InChI is InChI=1S/C14H12BrNO3/c1-9-3-2-4-11(16-9)8-19-13-7-10(15)5-6-12(13)14(17)18/h2-7H,8H2,1H3,(H,17,18). The van der Waals surface area contributed by atoms with Crippen molar-refractivity contribution in [3.05, 3.63) is 57.8 Å². The van der Waals surface area contributed by atoms with Gasteiger partial charge in [0, 0.05) is 10.2 Å². The summed E-state index contributed by atoms with van der Waals surface area (Å²) in [7, 11) is 0. The number of pyridine rings is 1. The fraction of sp³-hybridized carbons (Fsp3) is 0.143. The van der Waals surface area contributed by atoms with E-state index in [1.807, 2.05) is 25.1 Å². The van der Waals surface area contributed by atoms with Crippen molar-refractivity contribution < 1.29 is 14.6 Å². The summed E-state index contributed by atoms with van der Waals surface area (Å²) in [4.78, 5) is 15.4. The lowest BCUT2D eigenvalue weighted by Crippen LogP contribution is -2.04. The molecule has 1 aromatic heterocycles. The van der Waals surface area contributed by atoms with Crippen LogP contribution in [0.2, 0.25) is 0 Å². The first-order chi connectivity index (χ1) is 9.06. The van der Waals surface area contributed by atoms with E-state index >= 15 is 0 Å². The van der Waals surface area contributed by atoms with Crippen LogP contribution in [0.4, 0.5) is 0 Å². The van der Waals surface area contributed by atoms with Gasteiger partial charge in [-0.15, -0.1) is 0 Å². The number of carboxylic acid groups (broad SMARTS) is 1. The maximum absolute atomic E-state index is 11.1. The molecule has 5 heteroatoms. The number of nitrogens with zero attached hydrogens (tertiary/aromatic N) is 1. The van der Waals surface area contributed by atoms with Gasteiger partial charge in [0.15, 0.2) is 0 Å². The van der Waals surface area contributed by atoms with Gasteiger partial charge in [-0.2, -0.15) is 0 Å². The van der Waals surface area contributed by atoms with Crippen molar-refractivity contribution in [2.24, 2.45) is 0 Å². The van der Waals surface area contributed by atoms with Crippen LogP contribution in [-0.2, 0) is 6.61 Å². The predicted molar refractivity (Wildman–Crippen MR) is 74.4 cm³/mol. The summed E-state index contributed by atoms with van der Waals surface area (Å²) in [5.41, 5.74) is 1.79. The van der Waals surface area contributed by atoms with E-state index in [9.17, 15) is 4.79 Å². The monoisotopic (exact) mass is 321 g/mol.